The Labute approximate surface area is 107 Å². The molecule has 0 atom stereocenters. The number of ether oxygens (including phenoxy) is 1. The molecule has 1 aliphatic rings. The van der Waals surface area contributed by atoms with E-state index in [1.807, 2.05) is 6.92 Å². The Bertz CT molecular complexity index is 362. The van der Waals surface area contributed by atoms with Crippen LogP contribution in [0.3, 0.4) is 0 Å². The van der Waals surface area contributed by atoms with Crippen LogP contribution in [0.2, 0.25) is 0 Å². The molecule has 1 N–H and O–H groups in total. The second-order valence-corrected chi connectivity index (χ2v) is 6.17. The predicted molar refractivity (Wildman–Crippen MR) is 65.9 cm³/mol. The molecule has 8 heteroatoms. The highest BCUT2D eigenvalue weighted by molar-refractivity contribution is 7.89. The molecular formula is C10H20N2O5S. The van der Waals surface area contributed by atoms with Crippen molar-refractivity contribution in [2.45, 2.75) is 6.92 Å². The zero-order chi connectivity index (χ0) is 13.6. The highest BCUT2D eigenvalue weighted by Gasteiger charge is 2.27. The van der Waals surface area contributed by atoms with Crippen molar-refractivity contribution in [3.8, 4) is 0 Å². The summed E-state index contributed by atoms with van der Waals surface area (Å²) in [4.78, 5) is 12.3. The van der Waals surface area contributed by atoms with Gasteiger partial charge in [0, 0.05) is 32.8 Å². The van der Waals surface area contributed by atoms with Crippen molar-refractivity contribution in [2.24, 2.45) is 0 Å². The zero-order valence-corrected chi connectivity index (χ0v) is 11.4. The van der Waals surface area contributed by atoms with Crippen LogP contribution in [-0.4, -0.2) is 80.4 Å². The Balaban J connectivity index is 2.39. The maximum atomic E-state index is 11.9. The van der Waals surface area contributed by atoms with Crippen molar-refractivity contribution in [1.82, 2.24) is 9.21 Å². The highest BCUT2D eigenvalue weighted by atomic mass is 32.2. The molecule has 106 valence electrons. The fourth-order valence-electron chi connectivity index (χ4n) is 1.79. The summed E-state index contributed by atoms with van der Waals surface area (Å²) < 4.78 is 30.2. The Morgan fingerprint density at radius 1 is 1.28 bits per heavy atom. The molecule has 0 saturated carbocycles. The summed E-state index contributed by atoms with van der Waals surface area (Å²) in [5.41, 5.74) is 0. The quantitative estimate of drug-likeness (QED) is 0.605. The number of carbonyl (C=O) groups is 1. The fourth-order valence-corrected chi connectivity index (χ4v) is 3.10. The normalized spacial score (nSPS) is 18.9. The van der Waals surface area contributed by atoms with Gasteiger partial charge in [-0.1, -0.05) is 0 Å². The van der Waals surface area contributed by atoms with Crippen LogP contribution in [0.4, 0.5) is 0 Å². The van der Waals surface area contributed by atoms with Crippen molar-refractivity contribution >= 4 is 16.0 Å². The molecule has 0 bridgehead atoms. The summed E-state index contributed by atoms with van der Waals surface area (Å²) in [6, 6.07) is 0. The molecule has 7 nitrogen and oxygen atoms in total. The van der Waals surface area contributed by atoms with Gasteiger partial charge in [0.25, 0.3) is 0 Å². The average molecular weight is 280 g/mol. The molecule has 1 saturated heterocycles. The summed E-state index contributed by atoms with van der Waals surface area (Å²) in [6.07, 6.45) is 0. The number of hydrogen-bond acceptors (Lipinski definition) is 5. The number of carboxylic acids is 1. The summed E-state index contributed by atoms with van der Waals surface area (Å²) >= 11 is 0. The summed E-state index contributed by atoms with van der Waals surface area (Å²) in [7, 11) is -3.27. The van der Waals surface area contributed by atoms with Gasteiger partial charge in [-0.2, -0.15) is 4.31 Å². The van der Waals surface area contributed by atoms with Crippen molar-refractivity contribution < 1.29 is 23.1 Å². The first-order valence-electron chi connectivity index (χ1n) is 5.95. The van der Waals surface area contributed by atoms with Crippen molar-refractivity contribution in [3.05, 3.63) is 0 Å². The molecule has 0 aromatic heterocycles. The first-order valence-corrected chi connectivity index (χ1v) is 7.56. The van der Waals surface area contributed by atoms with Gasteiger partial charge < -0.3 is 9.84 Å². The van der Waals surface area contributed by atoms with Crippen LogP contribution >= 0.6 is 0 Å². The SMILES string of the molecule is CCOCCS(=O)(=O)N1CCN(CC(=O)O)CC1. The second kappa shape index (κ2) is 7.03. The molecule has 0 radical (unpaired) electrons. The van der Waals surface area contributed by atoms with Gasteiger partial charge in [0.2, 0.25) is 10.0 Å². The number of piperazine rings is 1. The smallest absolute Gasteiger partial charge is 0.317 e. The first kappa shape index (κ1) is 15.4. The number of nitrogens with zero attached hydrogens (tertiary/aromatic N) is 2. The monoisotopic (exact) mass is 280 g/mol. The Morgan fingerprint density at radius 3 is 2.39 bits per heavy atom. The average Bonchev–Trinajstić information content (AvgIpc) is 2.29. The van der Waals surface area contributed by atoms with E-state index in [0.29, 0.717) is 32.8 Å². The van der Waals surface area contributed by atoms with Gasteiger partial charge in [0.05, 0.1) is 18.9 Å². The van der Waals surface area contributed by atoms with Crippen LogP contribution in [0, 0.1) is 0 Å². The van der Waals surface area contributed by atoms with Gasteiger partial charge in [-0.3, -0.25) is 9.69 Å². The van der Waals surface area contributed by atoms with Crippen molar-refractivity contribution in [1.29, 1.82) is 0 Å². The molecule has 1 rings (SSSR count). The molecule has 0 aromatic rings. The van der Waals surface area contributed by atoms with E-state index < -0.39 is 16.0 Å². The van der Waals surface area contributed by atoms with Crippen molar-refractivity contribution in [2.75, 3.05) is 51.7 Å². The number of aliphatic carboxylic acids is 1. The van der Waals surface area contributed by atoms with Crippen LogP contribution in [0.15, 0.2) is 0 Å². The van der Waals surface area contributed by atoms with Gasteiger partial charge in [-0.05, 0) is 6.92 Å². The minimum Gasteiger partial charge on any atom is -0.480 e. The van der Waals surface area contributed by atoms with E-state index >= 15 is 0 Å². The minimum atomic E-state index is -3.27. The Hall–Kier alpha value is -0.700. The molecule has 1 fully saturated rings. The Kier molecular flexibility index (Phi) is 6.00. The lowest BCUT2D eigenvalue weighted by molar-refractivity contribution is -0.138. The van der Waals surface area contributed by atoms with Gasteiger partial charge in [0.1, 0.15) is 0 Å². The molecule has 0 amide bonds. The molecule has 0 spiro atoms. The molecule has 0 aliphatic carbocycles. The minimum absolute atomic E-state index is 0.0141. The van der Waals surface area contributed by atoms with Crippen LogP contribution < -0.4 is 0 Å². The lowest BCUT2D eigenvalue weighted by Gasteiger charge is -2.32. The van der Waals surface area contributed by atoms with Crippen LogP contribution in [0.5, 0.6) is 0 Å². The van der Waals surface area contributed by atoms with E-state index in [1.54, 1.807) is 4.90 Å². The fraction of sp³-hybridized carbons (Fsp3) is 0.900. The van der Waals surface area contributed by atoms with Crippen molar-refractivity contribution in [3.63, 3.8) is 0 Å². The van der Waals surface area contributed by atoms with E-state index in [-0.39, 0.29) is 18.9 Å². The molecule has 1 heterocycles. The molecular weight excluding hydrogens is 260 g/mol. The number of hydrogen-bond donors (Lipinski definition) is 1. The first-order chi connectivity index (χ1) is 8.45. The summed E-state index contributed by atoms with van der Waals surface area (Å²) in [5, 5.41) is 8.64. The topological polar surface area (TPSA) is 87.2 Å². The van der Waals surface area contributed by atoms with Crippen LogP contribution in [-0.2, 0) is 19.6 Å². The predicted octanol–water partition coefficient (Wildman–Crippen LogP) is -0.945. The molecule has 1 aliphatic heterocycles. The van der Waals surface area contributed by atoms with E-state index in [1.165, 1.54) is 4.31 Å². The van der Waals surface area contributed by atoms with E-state index in [2.05, 4.69) is 0 Å². The molecule has 0 unspecified atom stereocenters. The maximum Gasteiger partial charge on any atom is 0.317 e. The van der Waals surface area contributed by atoms with Gasteiger partial charge in [0.15, 0.2) is 0 Å². The van der Waals surface area contributed by atoms with Crippen LogP contribution in [0.1, 0.15) is 6.92 Å². The number of rotatable bonds is 7. The highest BCUT2D eigenvalue weighted by Crippen LogP contribution is 2.07. The molecule has 0 aromatic carbocycles. The van der Waals surface area contributed by atoms with Crippen LogP contribution in [0.25, 0.3) is 0 Å². The third-order valence-electron chi connectivity index (χ3n) is 2.77. The number of sulfonamides is 1. The lowest BCUT2D eigenvalue weighted by Crippen LogP contribution is -2.50. The molecule has 18 heavy (non-hydrogen) atoms. The maximum absolute atomic E-state index is 11.9. The Morgan fingerprint density at radius 2 is 1.89 bits per heavy atom. The zero-order valence-electron chi connectivity index (χ0n) is 10.5. The van der Waals surface area contributed by atoms with Gasteiger partial charge in [-0.25, -0.2) is 8.42 Å². The lowest BCUT2D eigenvalue weighted by atomic mass is 10.3. The van der Waals surface area contributed by atoms with E-state index in [4.69, 9.17) is 9.84 Å². The van der Waals surface area contributed by atoms with E-state index in [0.717, 1.165) is 0 Å². The standard InChI is InChI=1S/C10H20N2O5S/c1-2-17-7-8-18(15,16)12-5-3-11(4-6-12)9-10(13)14/h2-9H2,1H3,(H,13,14). The number of carboxylic acid groups (broad SMARTS) is 1. The third-order valence-corrected chi connectivity index (χ3v) is 4.61. The summed E-state index contributed by atoms with van der Waals surface area (Å²) in [5.74, 6) is -0.901. The third kappa shape index (κ3) is 4.89. The summed E-state index contributed by atoms with van der Waals surface area (Å²) in [6.45, 7) is 4.10. The van der Waals surface area contributed by atoms with Gasteiger partial charge >= 0.3 is 5.97 Å². The van der Waals surface area contributed by atoms with E-state index in [9.17, 15) is 13.2 Å². The second-order valence-electron chi connectivity index (χ2n) is 4.08. The largest absolute Gasteiger partial charge is 0.480 e. The van der Waals surface area contributed by atoms with Gasteiger partial charge in [-0.15, -0.1) is 0 Å².